The van der Waals surface area contributed by atoms with E-state index in [1.54, 1.807) is 0 Å². The van der Waals surface area contributed by atoms with Crippen LogP contribution in [-0.4, -0.2) is 23.5 Å². The summed E-state index contributed by atoms with van der Waals surface area (Å²) in [7, 11) is 0. The molecule has 1 heterocycles. The van der Waals surface area contributed by atoms with Crippen LogP contribution in [0.3, 0.4) is 0 Å². The lowest BCUT2D eigenvalue weighted by Gasteiger charge is -2.35. The molecule has 1 aromatic carbocycles. The van der Waals surface area contributed by atoms with Gasteiger partial charge in [-0.3, -0.25) is 10.1 Å². The van der Waals surface area contributed by atoms with Gasteiger partial charge in [-0.1, -0.05) is 12.1 Å². The lowest BCUT2D eigenvalue weighted by Crippen LogP contribution is -2.52. The van der Waals surface area contributed by atoms with Crippen LogP contribution >= 0.6 is 0 Å². The van der Waals surface area contributed by atoms with Gasteiger partial charge in [-0.15, -0.1) is 0 Å². The Balaban J connectivity index is 1.53. The molecular formula is C16H18F3N3O2. The molecule has 0 aromatic heterocycles. The molecule has 1 aromatic rings. The third kappa shape index (κ3) is 3.24. The van der Waals surface area contributed by atoms with Crippen LogP contribution < -0.4 is 16.0 Å². The number of nitrogens with one attached hydrogen (secondary N) is 3. The molecule has 0 bridgehead atoms. The first-order valence-corrected chi connectivity index (χ1v) is 7.83. The maximum absolute atomic E-state index is 13.6. The molecule has 24 heavy (non-hydrogen) atoms. The summed E-state index contributed by atoms with van der Waals surface area (Å²) in [5.74, 6) is -1.19. The maximum atomic E-state index is 13.6. The van der Waals surface area contributed by atoms with Gasteiger partial charge in [0.15, 0.2) is 0 Å². The smallest absolute Gasteiger partial charge is 0.322 e. The Morgan fingerprint density at radius 1 is 1.25 bits per heavy atom. The van der Waals surface area contributed by atoms with Crippen LogP contribution in [0.2, 0.25) is 0 Å². The fraction of sp³-hybridized carbons (Fsp3) is 0.500. The third-order valence-electron chi connectivity index (χ3n) is 4.75. The predicted molar refractivity (Wildman–Crippen MR) is 79.9 cm³/mol. The van der Waals surface area contributed by atoms with Crippen molar-refractivity contribution in [3.8, 4) is 0 Å². The summed E-state index contributed by atoms with van der Waals surface area (Å²) < 4.78 is 38.6. The molecule has 1 spiro atoms. The van der Waals surface area contributed by atoms with E-state index in [0.717, 1.165) is 12.1 Å². The Hall–Kier alpha value is -2.09. The van der Waals surface area contributed by atoms with Crippen molar-refractivity contribution >= 4 is 11.9 Å². The van der Waals surface area contributed by atoms with Gasteiger partial charge < -0.3 is 10.6 Å². The molecule has 1 saturated heterocycles. The van der Waals surface area contributed by atoms with Crippen molar-refractivity contribution in [3.63, 3.8) is 0 Å². The minimum Gasteiger partial charge on any atom is -0.323 e. The Morgan fingerprint density at radius 2 is 1.96 bits per heavy atom. The van der Waals surface area contributed by atoms with Gasteiger partial charge in [0.05, 0.1) is 5.56 Å². The SMILES string of the molecule is O=C1NC(=O)C2(CCC(NCc3ccc(C(F)F)c(F)c3)CC2)N1. The molecule has 5 nitrogen and oxygen atoms in total. The first-order valence-electron chi connectivity index (χ1n) is 7.83. The number of benzene rings is 1. The molecule has 2 fully saturated rings. The van der Waals surface area contributed by atoms with Crippen molar-refractivity contribution in [3.05, 3.63) is 35.1 Å². The van der Waals surface area contributed by atoms with Crippen molar-refractivity contribution in [2.24, 2.45) is 0 Å². The Kier molecular flexibility index (Phi) is 4.49. The number of imide groups is 1. The zero-order valence-electron chi connectivity index (χ0n) is 12.9. The summed E-state index contributed by atoms with van der Waals surface area (Å²) >= 11 is 0. The number of hydrogen-bond donors (Lipinski definition) is 3. The van der Waals surface area contributed by atoms with E-state index in [1.165, 1.54) is 6.07 Å². The van der Waals surface area contributed by atoms with Gasteiger partial charge in [0.2, 0.25) is 0 Å². The number of halogens is 3. The second kappa shape index (κ2) is 6.43. The Morgan fingerprint density at radius 3 is 2.50 bits per heavy atom. The van der Waals surface area contributed by atoms with Crippen molar-refractivity contribution in [2.45, 2.75) is 50.2 Å². The van der Waals surface area contributed by atoms with Gasteiger partial charge in [0.1, 0.15) is 11.4 Å². The van der Waals surface area contributed by atoms with Crippen LogP contribution in [0, 0.1) is 5.82 Å². The van der Waals surface area contributed by atoms with Crippen LogP contribution in [-0.2, 0) is 11.3 Å². The Bertz CT molecular complexity index is 658. The lowest BCUT2D eigenvalue weighted by atomic mass is 9.79. The van der Waals surface area contributed by atoms with Gasteiger partial charge in [0.25, 0.3) is 12.3 Å². The van der Waals surface area contributed by atoms with E-state index in [4.69, 9.17) is 0 Å². The van der Waals surface area contributed by atoms with Gasteiger partial charge >= 0.3 is 6.03 Å². The summed E-state index contributed by atoms with van der Waals surface area (Å²) in [6.07, 6.45) is -0.396. The number of amides is 3. The highest BCUT2D eigenvalue weighted by Crippen LogP contribution is 2.31. The topological polar surface area (TPSA) is 70.2 Å². The van der Waals surface area contributed by atoms with Crippen molar-refractivity contribution < 1.29 is 22.8 Å². The van der Waals surface area contributed by atoms with E-state index in [9.17, 15) is 22.8 Å². The average molecular weight is 341 g/mol. The summed E-state index contributed by atoms with van der Waals surface area (Å²) in [4.78, 5) is 23.1. The number of hydrogen-bond acceptors (Lipinski definition) is 3. The molecule has 8 heteroatoms. The van der Waals surface area contributed by atoms with E-state index >= 15 is 0 Å². The summed E-state index contributed by atoms with van der Waals surface area (Å²) in [5.41, 5.74) is -0.814. The standard InChI is InChI=1S/C16H18F3N3O2/c17-12-7-9(1-2-11(12)13(18)19)8-20-10-3-5-16(6-4-10)14(23)21-15(24)22-16/h1-2,7,10,13,20H,3-6,8H2,(H2,21,22,23,24). The lowest BCUT2D eigenvalue weighted by molar-refractivity contribution is -0.125. The summed E-state index contributed by atoms with van der Waals surface area (Å²) in [6, 6.07) is 3.36. The minimum atomic E-state index is -2.82. The van der Waals surface area contributed by atoms with Crippen molar-refractivity contribution in [2.75, 3.05) is 0 Å². The quantitative estimate of drug-likeness (QED) is 0.737. The van der Waals surface area contributed by atoms with Crippen LogP contribution in [0.4, 0.5) is 18.0 Å². The van der Waals surface area contributed by atoms with Crippen LogP contribution in [0.5, 0.6) is 0 Å². The van der Waals surface area contributed by atoms with E-state index in [-0.39, 0.29) is 11.9 Å². The van der Waals surface area contributed by atoms with Crippen molar-refractivity contribution in [1.29, 1.82) is 0 Å². The van der Waals surface area contributed by atoms with E-state index in [0.29, 0.717) is 37.8 Å². The number of alkyl halides is 2. The highest BCUT2D eigenvalue weighted by atomic mass is 19.3. The second-order valence-corrected chi connectivity index (χ2v) is 6.30. The number of carbonyl (C=O) groups is 2. The van der Waals surface area contributed by atoms with Gasteiger partial charge in [-0.2, -0.15) is 0 Å². The molecule has 0 unspecified atom stereocenters. The molecule has 3 N–H and O–H groups in total. The maximum Gasteiger partial charge on any atom is 0.322 e. The van der Waals surface area contributed by atoms with Gasteiger partial charge in [-0.25, -0.2) is 18.0 Å². The molecule has 130 valence electrons. The van der Waals surface area contributed by atoms with E-state index < -0.39 is 29.4 Å². The minimum absolute atomic E-state index is 0.124. The molecule has 1 aliphatic carbocycles. The molecule has 0 radical (unpaired) electrons. The molecular weight excluding hydrogens is 323 g/mol. The Labute approximate surface area is 137 Å². The fourth-order valence-corrected chi connectivity index (χ4v) is 3.31. The largest absolute Gasteiger partial charge is 0.323 e. The number of rotatable bonds is 4. The van der Waals surface area contributed by atoms with E-state index in [2.05, 4.69) is 16.0 Å². The van der Waals surface area contributed by atoms with Crippen LogP contribution in [0.25, 0.3) is 0 Å². The number of urea groups is 1. The molecule has 0 atom stereocenters. The van der Waals surface area contributed by atoms with Crippen LogP contribution in [0.15, 0.2) is 18.2 Å². The zero-order valence-corrected chi connectivity index (χ0v) is 12.9. The first kappa shape index (κ1) is 16.8. The summed E-state index contributed by atoms with van der Waals surface area (Å²) in [5, 5.41) is 8.20. The highest BCUT2D eigenvalue weighted by Gasteiger charge is 2.47. The third-order valence-corrected chi connectivity index (χ3v) is 4.75. The first-order chi connectivity index (χ1) is 11.4. The second-order valence-electron chi connectivity index (χ2n) is 6.30. The average Bonchev–Trinajstić information content (AvgIpc) is 2.80. The molecule has 1 saturated carbocycles. The highest BCUT2D eigenvalue weighted by molar-refractivity contribution is 6.07. The normalized spacial score (nSPS) is 26.8. The fourth-order valence-electron chi connectivity index (χ4n) is 3.31. The zero-order chi connectivity index (χ0) is 17.3. The van der Waals surface area contributed by atoms with E-state index in [1.807, 2.05) is 0 Å². The monoisotopic (exact) mass is 341 g/mol. The van der Waals surface area contributed by atoms with Crippen molar-refractivity contribution in [1.82, 2.24) is 16.0 Å². The molecule has 3 amide bonds. The van der Waals surface area contributed by atoms with Gasteiger partial charge in [0, 0.05) is 12.6 Å². The number of carbonyl (C=O) groups excluding carboxylic acids is 2. The predicted octanol–water partition coefficient (Wildman–Crippen LogP) is 2.37. The molecule has 3 rings (SSSR count). The molecule has 1 aliphatic heterocycles. The summed E-state index contributed by atoms with van der Waals surface area (Å²) in [6.45, 7) is 0.358. The molecule has 2 aliphatic rings. The van der Waals surface area contributed by atoms with Gasteiger partial charge in [-0.05, 0) is 37.3 Å². The van der Waals surface area contributed by atoms with Crippen LogP contribution in [0.1, 0.15) is 43.2 Å².